The maximum atomic E-state index is 12.8. The molecule has 0 saturated carbocycles. The third-order valence-corrected chi connectivity index (χ3v) is 3.79. The first-order chi connectivity index (χ1) is 10.8. The van der Waals surface area contributed by atoms with Crippen LogP contribution in [-0.2, 0) is 19.1 Å². The van der Waals surface area contributed by atoms with Gasteiger partial charge in [0.2, 0.25) is 11.8 Å². The first-order valence-electron chi connectivity index (χ1n) is 7.72. The van der Waals surface area contributed by atoms with Crippen LogP contribution in [0.1, 0.15) is 40.0 Å². The lowest BCUT2D eigenvalue weighted by atomic mass is 9.75. The van der Waals surface area contributed by atoms with Crippen LogP contribution >= 0.6 is 0 Å². The zero-order chi connectivity index (χ0) is 17.6. The molecular formula is C16H24N2O5. The number of hydrogen-bond donors (Lipinski definition) is 1. The number of carbonyl (C=O) groups excluding carboxylic acids is 4. The molecule has 1 fully saturated rings. The van der Waals surface area contributed by atoms with Crippen molar-refractivity contribution in [2.75, 3.05) is 13.2 Å². The molecule has 23 heavy (non-hydrogen) atoms. The van der Waals surface area contributed by atoms with Crippen molar-refractivity contribution in [1.82, 2.24) is 10.2 Å². The van der Waals surface area contributed by atoms with E-state index in [-0.39, 0.29) is 25.4 Å². The largest absolute Gasteiger partial charge is 0.465 e. The highest BCUT2D eigenvalue weighted by molar-refractivity contribution is 6.19. The van der Waals surface area contributed by atoms with Crippen molar-refractivity contribution in [1.29, 1.82) is 0 Å². The van der Waals surface area contributed by atoms with Crippen LogP contribution in [0.25, 0.3) is 0 Å². The second kappa shape index (κ2) is 7.89. The first-order valence-corrected chi connectivity index (χ1v) is 7.72. The molecule has 0 aromatic heterocycles. The van der Waals surface area contributed by atoms with Crippen molar-refractivity contribution in [3.05, 3.63) is 12.7 Å². The van der Waals surface area contributed by atoms with Gasteiger partial charge in [-0.15, -0.1) is 6.58 Å². The highest BCUT2D eigenvalue weighted by atomic mass is 16.5. The van der Waals surface area contributed by atoms with E-state index in [0.29, 0.717) is 6.42 Å². The summed E-state index contributed by atoms with van der Waals surface area (Å²) in [6.45, 7) is 8.83. The Hall–Kier alpha value is -2.18. The molecule has 1 aliphatic rings. The van der Waals surface area contributed by atoms with Gasteiger partial charge in [-0.05, 0) is 32.1 Å². The minimum Gasteiger partial charge on any atom is -0.465 e. The normalized spacial score (nSPS) is 21.4. The number of amides is 4. The molecule has 1 N–H and O–H groups in total. The number of esters is 1. The minimum atomic E-state index is -1.40. The number of urea groups is 1. The number of barbiturate groups is 1. The van der Waals surface area contributed by atoms with Crippen LogP contribution in [0.5, 0.6) is 0 Å². The Balaban J connectivity index is 3.09. The standard InChI is InChI=1S/C16H24N2O5/c1-5-8-16(9-7-11(3)4)13(20)17-15(22)18(14(16)21)10-12(19)23-6-2/h5,11H,1,6-10H2,2-4H3,(H,17,20,22). The van der Waals surface area contributed by atoms with Crippen LogP contribution < -0.4 is 5.32 Å². The van der Waals surface area contributed by atoms with Gasteiger partial charge in [-0.1, -0.05) is 19.9 Å². The molecule has 7 nitrogen and oxygen atoms in total. The molecule has 1 rings (SSSR count). The number of ether oxygens (including phenoxy) is 1. The van der Waals surface area contributed by atoms with Crippen molar-refractivity contribution >= 4 is 23.8 Å². The van der Waals surface area contributed by atoms with E-state index in [1.807, 2.05) is 13.8 Å². The van der Waals surface area contributed by atoms with Crippen LogP contribution in [0.3, 0.4) is 0 Å². The lowest BCUT2D eigenvalue weighted by Crippen LogP contribution is -2.64. The van der Waals surface area contributed by atoms with Gasteiger partial charge >= 0.3 is 12.0 Å². The fraction of sp³-hybridized carbons (Fsp3) is 0.625. The summed E-state index contributed by atoms with van der Waals surface area (Å²) in [7, 11) is 0. The maximum Gasteiger partial charge on any atom is 0.331 e. The average molecular weight is 324 g/mol. The summed E-state index contributed by atoms with van der Waals surface area (Å²) < 4.78 is 4.78. The van der Waals surface area contributed by atoms with Crippen molar-refractivity contribution in [3.8, 4) is 0 Å². The molecule has 1 aliphatic heterocycles. The molecule has 7 heteroatoms. The Morgan fingerprint density at radius 2 is 2.04 bits per heavy atom. The number of imide groups is 2. The van der Waals surface area contributed by atoms with E-state index >= 15 is 0 Å². The van der Waals surface area contributed by atoms with E-state index < -0.39 is 35.8 Å². The van der Waals surface area contributed by atoms with E-state index in [1.165, 1.54) is 6.08 Å². The van der Waals surface area contributed by atoms with E-state index in [0.717, 1.165) is 4.90 Å². The fourth-order valence-corrected chi connectivity index (χ4v) is 2.50. The molecule has 4 amide bonds. The van der Waals surface area contributed by atoms with Gasteiger partial charge in [-0.3, -0.25) is 24.6 Å². The van der Waals surface area contributed by atoms with Crippen molar-refractivity contribution < 1.29 is 23.9 Å². The Morgan fingerprint density at radius 1 is 1.39 bits per heavy atom. The third-order valence-electron chi connectivity index (χ3n) is 3.79. The van der Waals surface area contributed by atoms with Gasteiger partial charge in [0.25, 0.3) is 0 Å². The number of nitrogens with zero attached hydrogens (tertiary/aromatic N) is 1. The Bertz CT molecular complexity index is 515. The SMILES string of the molecule is C=CCC1(CCC(C)C)C(=O)NC(=O)N(CC(=O)OCC)C1=O. The number of allylic oxidation sites excluding steroid dienone is 1. The summed E-state index contributed by atoms with van der Waals surface area (Å²) in [6.07, 6.45) is 2.51. The molecule has 1 saturated heterocycles. The molecule has 1 unspecified atom stereocenters. The van der Waals surface area contributed by atoms with Gasteiger partial charge in [0, 0.05) is 0 Å². The van der Waals surface area contributed by atoms with Gasteiger partial charge in [0.1, 0.15) is 12.0 Å². The van der Waals surface area contributed by atoms with Crippen LogP contribution in [0, 0.1) is 11.3 Å². The van der Waals surface area contributed by atoms with Gasteiger partial charge in [0.15, 0.2) is 0 Å². The van der Waals surface area contributed by atoms with Crippen molar-refractivity contribution in [2.45, 2.75) is 40.0 Å². The summed E-state index contributed by atoms with van der Waals surface area (Å²) >= 11 is 0. The lowest BCUT2D eigenvalue weighted by molar-refractivity contribution is -0.157. The van der Waals surface area contributed by atoms with E-state index in [9.17, 15) is 19.2 Å². The molecule has 1 atom stereocenters. The topological polar surface area (TPSA) is 92.8 Å². The maximum absolute atomic E-state index is 12.8. The van der Waals surface area contributed by atoms with Crippen LogP contribution in [-0.4, -0.2) is 41.9 Å². The Kier molecular flexibility index (Phi) is 6.48. The minimum absolute atomic E-state index is 0.108. The molecule has 0 aromatic rings. The Morgan fingerprint density at radius 3 is 2.57 bits per heavy atom. The van der Waals surface area contributed by atoms with E-state index in [1.54, 1.807) is 6.92 Å². The number of nitrogens with one attached hydrogen (secondary N) is 1. The quantitative estimate of drug-likeness (QED) is 0.416. The molecule has 0 radical (unpaired) electrons. The average Bonchev–Trinajstić information content (AvgIpc) is 2.47. The highest BCUT2D eigenvalue weighted by Crippen LogP contribution is 2.35. The number of carbonyl (C=O) groups is 4. The molecular weight excluding hydrogens is 300 g/mol. The summed E-state index contributed by atoms with van der Waals surface area (Å²) in [6, 6.07) is -0.891. The van der Waals surface area contributed by atoms with Gasteiger partial charge in [0.05, 0.1) is 6.61 Å². The molecule has 1 heterocycles. The predicted octanol–water partition coefficient (Wildman–Crippen LogP) is 1.63. The zero-order valence-corrected chi connectivity index (χ0v) is 13.9. The third kappa shape index (κ3) is 4.18. The van der Waals surface area contributed by atoms with Crippen LogP contribution in [0.2, 0.25) is 0 Å². The zero-order valence-electron chi connectivity index (χ0n) is 13.9. The smallest absolute Gasteiger partial charge is 0.331 e. The number of rotatable bonds is 8. The second-order valence-corrected chi connectivity index (χ2v) is 5.96. The summed E-state index contributed by atoms with van der Waals surface area (Å²) in [4.78, 5) is 49.4. The lowest BCUT2D eigenvalue weighted by Gasteiger charge is -2.38. The fourth-order valence-electron chi connectivity index (χ4n) is 2.50. The van der Waals surface area contributed by atoms with Gasteiger partial charge in [-0.25, -0.2) is 4.79 Å². The first kappa shape index (κ1) is 18.9. The summed E-state index contributed by atoms with van der Waals surface area (Å²) in [5.74, 6) is -1.71. The van der Waals surface area contributed by atoms with Crippen LogP contribution in [0.15, 0.2) is 12.7 Å². The summed E-state index contributed by atoms with van der Waals surface area (Å²) in [5.41, 5.74) is -1.40. The molecule has 0 aromatic carbocycles. The molecule has 0 spiro atoms. The molecule has 0 bridgehead atoms. The second-order valence-electron chi connectivity index (χ2n) is 5.96. The Labute approximate surface area is 136 Å². The van der Waals surface area contributed by atoms with Gasteiger partial charge in [-0.2, -0.15) is 0 Å². The monoisotopic (exact) mass is 324 g/mol. The molecule has 128 valence electrons. The van der Waals surface area contributed by atoms with Gasteiger partial charge < -0.3 is 4.74 Å². The van der Waals surface area contributed by atoms with Crippen LogP contribution in [0.4, 0.5) is 4.79 Å². The van der Waals surface area contributed by atoms with E-state index in [2.05, 4.69) is 11.9 Å². The predicted molar refractivity (Wildman–Crippen MR) is 83.2 cm³/mol. The number of hydrogen-bond acceptors (Lipinski definition) is 5. The highest BCUT2D eigenvalue weighted by Gasteiger charge is 2.53. The van der Waals surface area contributed by atoms with Crippen molar-refractivity contribution in [3.63, 3.8) is 0 Å². The molecule has 0 aliphatic carbocycles. The summed E-state index contributed by atoms with van der Waals surface area (Å²) in [5, 5.41) is 2.18. The van der Waals surface area contributed by atoms with E-state index in [4.69, 9.17) is 4.74 Å². The van der Waals surface area contributed by atoms with Crippen molar-refractivity contribution in [2.24, 2.45) is 11.3 Å².